The molecule has 222 valence electrons. The van der Waals surface area contributed by atoms with E-state index in [0.29, 0.717) is 48.3 Å². The summed E-state index contributed by atoms with van der Waals surface area (Å²) >= 11 is 16.0. The molecule has 0 aliphatic carbocycles. The molecule has 10 heteroatoms. The molecule has 7 nitrogen and oxygen atoms in total. The number of hydrogen-bond acceptors (Lipinski definition) is 3. The van der Waals surface area contributed by atoms with Gasteiger partial charge >= 0.3 is 0 Å². The van der Waals surface area contributed by atoms with Gasteiger partial charge in [0.05, 0.1) is 27.0 Å². The molecular formula is C34H27BrCl2N4O3. The zero-order chi connectivity index (χ0) is 31.0. The number of H-pyrrole nitrogens is 4. The molecule has 6 rings (SSSR count). The summed E-state index contributed by atoms with van der Waals surface area (Å²) < 4.78 is 6.74. The van der Waals surface area contributed by atoms with Crippen molar-refractivity contribution in [3.8, 4) is 28.3 Å². The number of hydrogen-bond donors (Lipinski definition) is 4. The molecule has 0 bridgehead atoms. The second-order valence-corrected chi connectivity index (χ2v) is 12.3. The molecule has 0 saturated carbocycles. The van der Waals surface area contributed by atoms with E-state index in [1.807, 2.05) is 86.6 Å². The highest BCUT2D eigenvalue weighted by molar-refractivity contribution is 9.10. The first kappa shape index (κ1) is 29.8. The lowest BCUT2D eigenvalue weighted by atomic mass is 9.83. The minimum atomic E-state index is -0.747. The second-order valence-electron chi connectivity index (χ2n) is 10.6. The summed E-state index contributed by atoms with van der Waals surface area (Å²) in [6, 6.07) is 26.5. The van der Waals surface area contributed by atoms with E-state index < -0.39 is 5.92 Å². The quantitative estimate of drug-likeness (QED) is 0.129. The molecule has 6 aromatic rings. The van der Waals surface area contributed by atoms with Gasteiger partial charge in [-0.15, -0.1) is 0 Å². The summed E-state index contributed by atoms with van der Waals surface area (Å²) in [5.41, 5.74) is 6.70. The van der Waals surface area contributed by atoms with Crippen molar-refractivity contribution in [2.24, 2.45) is 0 Å². The number of rotatable bonds is 8. The first-order chi connectivity index (χ1) is 21.2. The Morgan fingerprint density at radius 3 is 1.75 bits per heavy atom. The molecule has 4 N–H and O–H groups in total. The molecule has 0 aliphatic rings. The summed E-state index contributed by atoms with van der Waals surface area (Å²) in [6.45, 7) is 4.23. The topological polar surface area (TPSA) is 107 Å². The van der Waals surface area contributed by atoms with Gasteiger partial charge < -0.3 is 4.74 Å². The fourth-order valence-electron chi connectivity index (χ4n) is 5.27. The third kappa shape index (κ3) is 5.93. The Balaban J connectivity index is 1.49. The lowest BCUT2D eigenvalue weighted by Crippen LogP contribution is -2.20. The van der Waals surface area contributed by atoms with Gasteiger partial charge in [0.1, 0.15) is 12.4 Å². The van der Waals surface area contributed by atoms with Crippen LogP contribution in [0.5, 0.6) is 5.75 Å². The molecule has 0 amide bonds. The average molecular weight is 690 g/mol. The molecule has 0 aliphatic heterocycles. The van der Waals surface area contributed by atoms with Gasteiger partial charge in [-0.05, 0) is 70.7 Å². The predicted octanol–water partition coefficient (Wildman–Crippen LogP) is 8.50. The summed E-state index contributed by atoms with van der Waals surface area (Å²) in [7, 11) is 0. The minimum Gasteiger partial charge on any atom is -0.488 e. The molecule has 0 saturated heterocycles. The number of ether oxygens (including phenoxy) is 1. The molecule has 4 aromatic carbocycles. The Labute approximate surface area is 271 Å². The Morgan fingerprint density at radius 1 is 0.705 bits per heavy atom. The molecule has 0 radical (unpaired) electrons. The molecule has 0 spiro atoms. The molecule has 2 aromatic heterocycles. The number of aromatic amines is 4. The van der Waals surface area contributed by atoms with Crippen LogP contribution in [0.3, 0.4) is 0 Å². The van der Waals surface area contributed by atoms with E-state index in [0.717, 1.165) is 27.8 Å². The fourth-order valence-corrected chi connectivity index (χ4v) is 6.24. The number of nitrogens with one attached hydrogen (secondary N) is 4. The summed E-state index contributed by atoms with van der Waals surface area (Å²) in [5.74, 6) is -0.175. The maximum absolute atomic E-state index is 13.6. The molecule has 0 fully saturated rings. The zero-order valence-electron chi connectivity index (χ0n) is 23.7. The van der Waals surface area contributed by atoms with Gasteiger partial charge in [0.2, 0.25) is 0 Å². The standard InChI is InChI=1S/C34H27BrCl2N4O3/c1-18-3-7-20(8-4-18)31-29(33(42)40-38-31)28(30-32(39-41-34(30)43)21-9-5-19(2)6-10-21)22-12-14-27(25(35)15-22)44-17-23-11-13-24(36)16-26(23)37/h3-16,28H,17H2,1-2H3,(H2,38,40,42)(H2,39,41,43). The average Bonchev–Trinajstić information content (AvgIpc) is 3.57. The van der Waals surface area contributed by atoms with Crippen LogP contribution in [-0.4, -0.2) is 20.4 Å². The van der Waals surface area contributed by atoms with Crippen molar-refractivity contribution in [3.05, 3.63) is 154 Å². The van der Waals surface area contributed by atoms with E-state index in [-0.39, 0.29) is 17.7 Å². The SMILES string of the molecule is Cc1ccc(-c2[nH][nH]c(=O)c2C(c2ccc(OCc3ccc(Cl)cc3Cl)c(Br)c2)c2c(-c3ccc(C)cc3)[nH][nH]c2=O)cc1. The van der Waals surface area contributed by atoms with E-state index in [1.54, 1.807) is 12.1 Å². The van der Waals surface area contributed by atoms with Crippen molar-refractivity contribution in [1.29, 1.82) is 0 Å². The Morgan fingerprint density at radius 2 is 1.25 bits per heavy atom. The van der Waals surface area contributed by atoms with Crippen LogP contribution in [0.4, 0.5) is 0 Å². The number of halogens is 3. The van der Waals surface area contributed by atoms with Crippen LogP contribution in [0.15, 0.2) is 99.0 Å². The molecule has 0 atom stereocenters. The van der Waals surface area contributed by atoms with Gasteiger partial charge in [-0.25, -0.2) is 0 Å². The lowest BCUT2D eigenvalue weighted by Gasteiger charge is -2.19. The first-order valence-corrected chi connectivity index (χ1v) is 15.4. The lowest BCUT2D eigenvalue weighted by molar-refractivity contribution is 0.304. The summed E-state index contributed by atoms with van der Waals surface area (Å²) in [4.78, 5) is 27.2. The highest BCUT2D eigenvalue weighted by Crippen LogP contribution is 2.40. The van der Waals surface area contributed by atoms with Gasteiger partial charge in [-0.3, -0.25) is 30.0 Å². The second kappa shape index (κ2) is 12.4. The van der Waals surface area contributed by atoms with E-state index in [2.05, 4.69) is 36.3 Å². The maximum atomic E-state index is 13.6. The van der Waals surface area contributed by atoms with Crippen LogP contribution in [0.2, 0.25) is 10.0 Å². The highest BCUT2D eigenvalue weighted by Gasteiger charge is 2.31. The van der Waals surface area contributed by atoms with Crippen molar-refractivity contribution in [2.45, 2.75) is 26.4 Å². The molecule has 44 heavy (non-hydrogen) atoms. The molecule has 2 heterocycles. The number of benzene rings is 4. The highest BCUT2D eigenvalue weighted by atomic mass is 79.9. The van der Waals surface area contributed by atoms with Crippen LogP contribution < -0.4 is 15.9 Å². The monoisotopic (exact) mass is 688 g/mol. The van der Waals surface area contributed by atoms with Crippen molar-refractivity contribution in [2.75, 3.05) is 0 Å². The van der Waals surface area contributed by atoms with Gasteiger partial charge in [-0.2, -0.15) is 0 Å². The van der Waals surface area contributed by atoms with Crippen LogP contribution in [-0.2, 0) is 6.61 Å². The summed E-state index contributed by atoms with van der Waals surface area (Å²) in [5, 5.41) is 12.7. The fraction of sp³-hybridized carbons (Fsp3) is 0.118. The van der Waals surface area contributed by atoms with E-state index in [1.165, 1.54) is 0 Å². The van der Waals surface area contributed by atoms with Crippen molar-refractivity contribution >= 4 is 39.1 Å². The largest absolute Gasteiger partial charge is 0.488 e. The number of aromatic nitrogens is 4. The Bertz CT molecular complexity index is 1980. The Hall–Kier alpha value is -4.24. The number of aryl methyl sites for hydroxylation is 2. The first-order valence-electron chi connectivity index (χ1n) is 13.8. The smallest absolute Gasteiger partial charge is 0.268 e. The normalized spacial score (nSPS) is 11.3. The van der Waals surface area contributed by atoms with Gasteiger partial charge in [-0.1, -0.05) is 95.0 Å². The maximum Gasteiger partial charge on any atom is 0.268 e. The third-order valence-electron chi connectivity index (χ3n) is 7.58. The van der Waals surface area contributed by atoms with Crippen molar-refractivity contribution in [3.63, 3.8) is 0 Å². The molecular weight excluding hydrogens is 663 g/mol. The van der Waals surface area contributed by atoms with E-state index in [9.17, 15) is 9.59 Å². The van der Waals surface area contributed by atoms with Crippen LogP contribution in [0, 0.1) is 13.8 Å². The Kier molecular flexibility index (Phi) is 8.40. The van der Waals surface area contributed by atoms with Gasteiger partial charge in [0, 0.05) is 21.5 Å². The van der Waals surface area contributed by atoms with Crippen LogP contribution in [0.1, 0.15) is 39.3 Å². The molecule has 0 unspecified atom stereocenters. The zero-order valence-corrected chi connectivity index (χ0v) is 26.8. The van der Waals surface area contributed by atoms with Crippen LogP contribution >= 0.6 is 39.1 Å². The van der Waals surface area contributed by atoms with Gasteiger partial charge in [0.15, 0.2) is 0 Å². The third-order valence-corrected chi connectivity index (χ3v) is 8.78. The van der Waals surface area contributed by atoms with E-state index >= 15 is 0 Å². The van der Waals surface area contributed by atoms with Crippen LogP contribution in [0.25, 0.3) is 22.5 Å². The van der Waals surface area contributed by atoms with Crippen molar-refractivity contribution in [1.82, 2.24) is 20.4 Å². The van der Waals surface area contributed by atoms with E-state index in [4.69, 9.17) is 27.9 Å². The minimum absolute atomic E-state index is 0.224. The van der Waals surface area contributed by atoms with Gasteiger partial charge in [0.25, 0.3) is 11.1 Å². The predicted molar refractivity (Wildman–Crippen MR) is 179 cm³/mol. The van der Waals surface area contributed by atoms with Crippen molar-refractivity contribution < 1.29 is 4.74 Å². The summed E-state index contributed by atoms with van der Waals surface area (Å²) in [6.07, 6.45) is 0.